The molecule has 0 aromatic carbocycles. The second-order valence-electron chi connectivity index (χ2n) is 5.74. The minimum Gasteiger partial charge on any atom is -0.391 e. The molecule has 0 bridgehead atoms. The van der Waals surface area contributed by atoms with E-state index in [0.717, 1.165) is 25.2 Å². The lowest BCUT2D eigenvalue weighted by molar-refractivity contribution is -0.122. The van der Waals surface area contributed by atoms with Crippen LogP contribution in [-0.2, 0) is 4.79 Å². The summed E-state index contributed by atoms with van der Waals surface area (Å²) in [7, 11) is 0. The van der Waals surface area contributed by atoms with Crippen LogP contribution in [0.3, 0.4) is 0 Å². The molecule has 3 nitrogen and oxygen atoms in total. The Balaban J connectivity index is 2.42. The minimum absolute atomic E-state index is 0.0991. The first-order chi connectivity index (χ1) is 9.04. The van der Waals surface area contributed by atoms with Crippen LogP contribution in [-0.4, -0.2) is 16.4 Å². The molecule has 110 valence electrons. The standard InChI is InChI=1S/C15H28N2OS/c1-3-15(4-2,14(16)19)17-13(18)11-10-12-8-6-5-7-9-12/h12H,3-11H2,1-2H3,(H2,16,19)(H,17,18). The van der Waals surface area contributed by atoms with Gasteiger partial charge in [-0.15, -0.1) is 0 Å². The van der Waals surface area contributed by atoms with Crippen LogP contribution in [0.1, 0.15) is 71.6 Å². The van der Waals surface area contributed by atoms with Gasteiger partial charge in [-0.3, -0.25) is 4.79 Å². The van der Waals surface area contributed by atoms with Crippen molar-refractivity contribution >= 4 is 23.1 Å². The number of carbonyl (C=O) groups is 1. The van der Waals surface area contributed by atoms with Crippen LogP contribution in [0.4, 0.5) is 0 Å². The molecule has 0 heterocycles. The van der Waals surface area contributed by atoms with Gasteiger partial charge in [0, 0.05) is 6.42 Å². The van der Waals surface area contributed by atoms with E-state index in [0.29, 0.717) is 11.4 Å². The van der Waals surface area contributed by atoms with E-state index < -0.39 is 5.54 Å². The van der Waals surface area contributed by atoms with Crippen molar-refractivity contribution in [1.82, 2.24) is 5.32 Å². The van der Waals surface area contributed by atoms with Crippen molar-refractivity contribution in [2.24, 2.45) is 11.7 Å². The summed E-state index contributed by atoms with van der Waals surface area (Å²) in [5, 5.41) is 3.06. The maximum atomic E-state index is 12.1. The SMILES string of the molecule is CCC(CC)(NC(=O)CCC1CCCCC1)C(N)=S. The summed E-state index contributed by atoms with van der Waals surface area (Å²) in [6.45, 7) is 4.04. The number of thiocarbonyl (C=S) groups is 1. The van der Waals surface area contributed by atoms with Gasteiger partial charge in [-0.1, -0.05) is 58.2 Å². The Labute approximate surface area is 122 Å². The third-order valence-corrected chi connectivity index (χ3v) is 4.95. The van der Waals surface area contributed by atoms with Gasteiger partial charge in [0.1, 0.15) is 0 Å². The maximum Gasteiger partial charge on any atom is 0.220 e. The predicted molar refractivity (Wildman–Crippen MR) is 84.1 cm³/mol. The van der Waals surface area contributed by atoms with Crippen LogP contribution in [0.2, 0.25) is 0 Å². The molecule has 1 fully saturated rings. The Hall–Kier alpha value is -0.640. The smallest absolute Gasteiger partial charge is 0.220 e. The fraction of sp³-hybridized carbons (Fsp3) is 0.867. The molecule has 0 aromatic rings. The highest BCUT2D eigenvalue weighted by Crippen LogP contribution is 2.27. The summed E-state index contributed by atoms with van der Waals surface area (Å²) in [5.41, 5.74) is 5.31. The lowest BCUT2D eigenvalue weighted by atomic mass is 9.86. The highest BCUT2D eigenvalue weighted by molar-refractivity contribution is 7.80. The van der Waals surface area contributed by atoms with Crippen LogP contribution in [0.5, 0.6) is 0 Å². The van der Waals surface area contributed by atoms with Gasteiger partial charge in [-0.2, -0.15) is 0 Å². The zero-order valence-electron chi connectivity index (χ0n) is 12.3. The normalized spacial score (nSPS) is 17.2. The molecule has 0 saturated heterocycles. The summed E-state index contributed by atoms with van der Waals surface area (Å²) in [5.74, 6) is 0.837. The van der Waals surface area contributed by atoms with E-state index in [9.17, 15) is 4.79 Å². The van der Waals surface area contributed by atoms with Crippen molar-refractivity contribution < 1.29 is 4.79 Å². The predicted octanol–water partition coefficient (Wildman–Crippen LogP) is 3.31. The number of amides is 1. The van der Waals surface area contributed by atoms with Crippen molar-refractivity contribution in [3.8, 4) is 0 Å². The van der Waals surface area contributed by atoms with Crippen LogP contribution in [0.25, 0.3) is 0 Å². The zero-order chi connectivity index (χ0) is 14.3. The Kier molecular flexibility index (Phi) is 6.76. The summed E-state index contributed by atoms with van der Waals surface area (Å²) in [6, 6.07) is 0. The van der Waals surface area contributed by atoms with Crippen LogP contribution >= 0.6 is 12.2 Å². The molecule has 1 rings (SSSR count). The number of rotatable bonds is 7. The van der Waals surface area contributed by atoms with E-state index in [-0.39, 0.29) is 5.91 Å². The third-order valence-electron chi connectivity index (χ3n) is 4.56. The van der Waals surface area contributed by atoms with Gasteiger partial charge >= 0.3 is 0 Å². The van der Waals surface area contributed by atoms with Crippen molar-refractivity contribution in [2.75, 3.05) is 0 Å². The van der Waals surface area contributed by atoms with E-state index >= 15 is 0 Å². The molecule has 0 atom stereocenters. The summed E-state index contributed by atoms with van der Waals surface area (Å²) in [6.07, 6.45) is 9.72. The van der Waals surface area contributed by atoms with E-state index in [1.165, 1.54) is 32.1 Å². The minimum atomic E-state index is -0.487. The lowest BCUT2D eigenvalue weighted by Crippen LogP contribution is -2.56. The van der Waals surface area contributed by atoms with Crippen molar-refractivity contribution in [1.29, 1.82) is 0 Å². The summed E-state index contributed by atoms with van der Waals surface area (Å²) < 4.78 is 0. The average Bonchev–Trinajstić information content (AvgIpc) is 2.43. The first-order valence-electron chi connectivity index (χ1n) is 7.65. The fourth-order valence-electron chi connectivity index (χ4n) is 2.98. The molecule has 19 heavy (non-hydrogen) atoms. The Morgan fingerprint density at radius 2 is 1.84 bits per heavy atom. The molecule has 1 aliphatic rings. The quantitative estimate of drug-likeness (QED) is 0.705. The highest BCUT2D eigenvalue weighted by atomic mass is 32.1. The van der Waals surface area contributed by atoms with Crippen LogP contribution in [0, 0.1) is 5.92 Å². The maximum absolute atomic E-state index is 12.1. The van der Waals surface area contributed by atoms with Gasteiger partial charge in [0.2, 0.25) is 5.91 Å². The van der Waals surface area contributed by atoms with Crippen LogP contribution < -0.4 is 11.1 Å². The summed E-state index contributed by atoms with van der Waals surface area (Å²) >= 11 is 5.12. The number of nitrogens with one attached hydrogen (secondary N) is 1. The van der Waals surface area contributed by atoms with Gasteiger partial charge in [-0.05, 0) is 25.2 Å². The second kappa shape index (κ2) is 7.83. The largest absolute Gasteiger partial charge is 0.391 e. The Morgan fingerprint density at radius 3 is 2.32 bits per heavy atom. The average molecular weight is 284 g/mol. The number of carbonyl (C=O) groups excluding carboxylic acids is 1. The molecular weight excluding hydrogens is 256 g/mol. The van der Waals surface area contributed by atoms with E-state index in [2.05, 4.69) is 5.32 Å². The zero-order valence-corrected chi connectivity index (χ0v) is 13.2. The molecule has 0 radical (unpaired) electrons. The Bertz CT molecular complexity index is 307. The van der Waals surface area contributed by atoms with Gasteiger partial charge in [0.25, 0.3) is 0 Å². The third kappa shape index (κ3) is 4.75. The fourth-order valence-corrected chi connectivity index (χ4v) is 3.32. The molecule has 3 N–H and O–H groups in total. The van der Waals surface area contributed by atoms with E-state index in [1.54, 1.807) is 0 Å². The molecule has 0 aromatic heterocycles. The first kappa shape index (κ1) is 16.4. The number of nitrogens with two attached hydrogens (primary N) is 1. The first-order valence-corrected chi connectivity index (χ1v) is 8.05. The molecule has 0 aliphatic heterocycles. The number of hydrogen-bond donors (Lipinski definition) is 2. The van der Waals surface area contributed by atoms with Crippen molar-refractivity contribution in [2.45, 2.75) is 77.2 Å². The van der Waals surface area contributed by atoms with Crippen molar-refractivity contribution in [3.63, 3.8) is 0 Å². The van der Waals surface area contributed by atoms with Gasteiger partial charge in [0.15, 0.2) is 0 Å². The molecule has 0 spiro atoms. The van der Waals surface area contributed by atoms with Gasteiger partial charge in [-0.25, -0.2) is 0 Å². The highest BCUT2D eigenvalue weighted by Gasteiger charge is 2.31. The molecule has 1 saturated carbocycles. The molecule has 4 heteroatoms. The van der Waals surface area contributed by atoms with E-state index in [4.69, 9.17) is 18.0 Å². The van der Waals surface area contributed by atoms with Gasteiger partial charge in [0.05, 0.1) is 10.5 Å². The molecule has 0 unspecified atom stereocenters. The number of hydrogen-bond acceptors (Lipinski definition) is 2. The molecule has 1 amide bonds. The Morgan fingerprint density at radius 1 is 1.26 bits per heavy atom. The van der Waals surface area contributed by atoms with E-state index in [1.807, 2.05) is 13.8 Å². The second-order valence-corrected chi connectivity index (χ2v) is 6.18. The monoisotopic (exact) mass is 284 g/mol. The van der Waals surface area contributed by atoms with Crippen molar-refractivity contribution in [3.05, 3.63) is 0 Å². The topological polar surface area (TPSA) is 55.1 Å². The molecule has 1 aliphatic carbocycles. The lowest BCUT2D eigenvalue weighted by Gasteiger charge is -2.32. The van der Waals surface area contributed by atoms with Crippen LogP contribution in [0.15, 0.2) is 0 Å². The van der Waals surface area contributed by atoms with Gasteiger partial charge < -0.3 is 11.1 Å². The summed E-state index contributed by atoms with van der Waals surface area (Å²) in [4.78, 5) is 12.5. The molecular formula is C15H28N2OS.